The fraction of sp³-hybridized carbons (Fsp3) is 0.333. The Bertz CT molecular complexity index is 671. The Morgan fingerprint density at radius 3 is 2.46 bits per heavy atom. The zero-order valence-electron chi connectivity index (χ0n) is 14.1. The SMILES string of the molecule is CCC(Oc1ccc(OCc2cnccc2N(C)C)cc1)C(=O)O. The first-order chi connectivity index (χ1) is 11.5. The van der Waals surface area contributed by atoms with E-state index in [0.717, 1.165) is 11.3 Å². The van der Waals surface area contributed by atoms with E-state index in [0.29, 0.717) is 24.5 Å². The summed E-state index contributed by atoms with van der Waals surface area (Å²) in [5.74, 6) is 0.219. The molecule has 0 aliphatic carbocycles. The normalized spacial score (nSPS) is 11.6. The number of carboxylic acid groups (broad SMARTS) is 1. The number of carbonyl (C=O) groups is 1. The van der Waals surface area contributed by atoms with Crippen molar-refractivity contribution in [3.8, 4) is 11.5 Å². The van der Waals surface area contributed by atoms with Gasteiger partial charge < -0.3 is 19.5 Å². The molecule has 1 atom stereocenters. The van der Waals surface area contributed by atoms with Crippen LogP contribution in [-0.2, 0) is 11.4 Å². The van der Waals surface area contributed by atoms with Crippen molar-refractivity contribution in [1.82, 2.24) is 4.98 Å². The van der Waals surface area contributed by atoms with E-state index in [1.807, 2.05) is 25.1 Å². The topological polar surface area (TPSA) is 71.9 Å². The summed E-state index contributed by atoms with van der Waals surface area (Å²) in [6.45, 7) is 2.17. The van der Waals surface area contributed by atoms with Crippen LogP contribution in [0.1, 0.15) is 18.9 Å². The van der Waals surface area contributed by atoms with E-state index < -0.39 is 12.1 Å². The number of ether oxygens (including phenoxy) is 2. The van der Waals surface area contributed by atoms with Gasteiger partial charge in [0.05, 0.1) is 0 Å². The van der Waals surface area contributed by atoms with Gasteiger partial charge >= 0.3 is 5.97 Å². The third-order valence-corrected chi connectivity index (χ3v) is 3.50. The highest BCUT2D eigenvalue weighted by Gasteiger charge is 2.16. The molecule has 1 heterocycles. The number of aromatic nitrogens is 1. The minimum absolute atomic E-state index is 0.397. The first-order valence-electron chi connectivity index (χ1n) is 7.73. The van der Waals surface area contributed by atoms with Crippen molar-refractivity contribution in [2.24, 2.45) is 0 Å². The van der Waals surface area contributed by atoms with Crippen LogP contribution < -0.4 is 14.4 Å². The number of benzene rings is 1. The fourth-order valence-corrected chi connectivity index (χ4v) is 2.22. The van der Waals surface area contributed by atoms with Crippen LogP contribution in [0.15, 0.2) is 42.7 Å². The number of hydrogen-bond acceptors (Lipinski definition) is 5. The van der Waals surface area contributed by atoms with Crippen molar-refractivity contribution in [1.29, 1.82) is 0 Å². The van der Waals surface area contributed by atoms with E-state index in [-0.39, 0.29) is 0 Å². The number of rotatable bonds is 8. The van der Waals surface area contributed by atoms with Crippen molar-refractivity contribution < 1.29 is 19.4 Å². The molecule has 0 fully saturated rings. The zero-order chi connectivity index (χ0) is 17.5. The van der Waals surface area contributed by atoms with Gasteiger partial charge in [0.2, 0.25) is 0 Å². The Morgan fingerprint density at radius 1 is 1.21 bits per heavy atom. The summed E-state index contributed by atoms with van der Waals surface area (Å²) >= 11 is 0. The average molecular weight is 330 g/mol. The molecule has 1 unspecified atom stereocenters. The molecule has 1 aromatic heterocycles. The van der Waals surface area contributed by atoms with E-state index in [1.54, 1.807) is 43.6 Å². The Kier molecular flexibility index (Phi) is 6.01. The van der Waals surface area contributed by atoms with Gasteiger partial charge in [-0.05, 0) is 36.8 Å². The van der Waals surface area contributed by atoms with Crippen molar-refractivity contribution >= 4 is 11.7 Å². The number of pyridine rings is 1. The van der Waals surface area contributed by atoms with E-state index in [4.69, 9.17) is 14.6 Å². The van der Waals surface area contributed by atoms with Crippen molar-refractivity contribution in [3.63, 3.8) is 0 Å². The fourth-order valence-electron chi connectivity index (χ4n) is 2.22. The van der Waals surface area contributed by atoms with E-state index in [1.165, 1.54) is 0 Å². The van der Waals surface area contributed by atoms with Crippen LogP contribution in [0.5, 0.6) is 11.5 Å². The molecule has 128 valence electrons. The molecule has 0 amide bonds. The lowest BCUT2D eigenvalue weighted by atomic mass is 10.2. The molecule has 0 bridgehead atoms. The number of carboxylic acids is 1. The second kappa shape index (κ2) is 8.19. The van der Waals surface area contributed by atoms with Gasteiger partial charge in [-0.1, -0.05) is 6.92 Å². The van der Waals surface area contributed by atoms with Gasteiger partial charge in [0.25, 0.3) is 0 Å². The third-order valence-electron chi connectivity index (χ3n) is 3.50. The van der Waals surface area contributed by atoms with Crippen LogP contribution in [0.3, 0.4) is 0 Å². The summed E-state index contributed by atoms with van der Waals surface area (Å²) < 4.78 is 11.2. The highest BCUT2D eigenvalue weighted by Crippen LogP contribution is 2.22. The van der Waals surface area contributed by atoms with Crippen LogP contribution in [0.2, 0.25) is 0 Å². The van der Waals surface area contributed by atoms with Crippen molar-refractivity contribution in [2.75, 3.05) is 19.0 Å². The van der Waals surface area contributed by atoms with Gasteiger partial charge in [0.15, 0.2) is 6.10 Å². The van der Waals surface area contributed by atoms with Crippen molar-refractivity contribution in [3.05, 3.63) is 48.3 Å². The van der Waals surface area contributed by atoms with Gasteiger partial charge in [-0.3, -0.25) is 4.98 Å². The summed E-state index contributed by atoms with van der Waals surface area (Å²) in [7, 11) is 3.94. The lowest BCUT2D eigenvalue weighted by Crippen LogP contribution is -2.25. The minimum atomic E-state index is -0.967. The first-order valence-corrected chi connectivity index (χ1v) is 7.73. The maximum Gasteiger partial charge on any atom is 0.344 e. The summed E-state index contributed by atoms with van der Waals surface area (Å²) in [4.78, 5) is 17.1. The van der Waals surface area contributed by atoms with Crippen LogP contribution in [0.25, 0.3) is 0 Å². The average Bonchev–Trinajstić information content (AvgIpc) is 2.58. The molecular formula is C18H22N2O4. The smallest absolute Gasteiger partial charge is 0.344 e. The largest absolute Gasteiger partial charge is 0.489 e. The maximum atomic E-state index is 11.0. The lowest BCUT2D eigenvalue weighted by molar-refractivity contribution is -0.145. The monoisotopic (exact) mass is 330 g/mol. The predicted molar refractivity (Wildman–Crippen MR) is 91.7 cm³/mol. The molecule has 2 rings (SSSR count). The van der Waals surface area contributed by atoms with Crippen LogP contribution >= 0.6 is 0 Å². The molecule has 0 aliphatic rings. The van der Waals surface area contributed by atoms with Crippen LogP contribution in [-0.4, -0.2) is 36.3 Å². The standard InChI is InChI=1S/C18H22N2O4/c1-4-17(18(21)22)24-15-7-5-14(6-8-15)23-12-13-11-19-10-9-16(13)20(2)3/h5-11,17H,4,12H2,1-3H3,(H,21,22). The van der Waals surface area contributed by atoms with Crippen molar-refractivity contribution in [2.45, 2.75) is 26.1 Å². The molecule has 0 saturated heterocycles. The first kappa shape index (κ1) is 17.6. The molecule has 1 aromatic carbocycles. The second-order valence-corrected chi connectivity index (χ2v) is 5.51. The van der Waals surface area contributed by atoms with E-state index >= 15 is 0 Å². The molecule has 2 aromatic rings. The molecule has 1 N–H and O–H groups in total. The summed E-state index contributed by atoms with van der Waals surface area (Å²) in [5.41, 5.74) is 2.04. The van der Waals surface area contributed by atoms with Gasteiger partial charge in [-0.15, -0.1) is 0 Å². The molecule has 0 aliphatic heterocycles. The third kappa shape index (κ3) is 4.62. The minimum Gasteiger partial charge on any atom is -0.489 e. The zero-order valence-corrected chi connectivity index (χ0v) is 14.1. The van der Waals surface area contributed by atoms with E-state index in [2.05, 4.69) is 4.98 Å². The Morgan fingerprint density at radius 2 is 1.88 bits per heavy atom. The number of aliphatic carboxylic acids is 1. The highest BCUT2D eigenvalue weighted by atomic mass is 16.5. The molecule has 0 saturated carbocycles. The molecule has 24 heavy (non-hydrogen) atoms. The van der Waals surface area contributed by atoms with E-state index in [9.17, 15) is 4.79 Å². The number of hydrogen-bond donors (Lipinski definition) is 1. The Labute approximate surface area is 141 Å². The van der Waals surface area contributed by atoms with Gasteiger partial charge in [0.1, 0.15) is 18.1 Å². The quantitative estimate of drug-likeness (QED) is 0.802. The van der Waals surface area contributed by atoms with Crippen LogP contribution in [0, 0.1) is 0 Å². The summed E-state index contributed by atoms with van der Waals surface area (Å²) in [6.07, 6.45) is 3.10. The number of nitrogens with zero attached hydrogens (tertiary/aromatic N) is 2. The second-order valence-electron chi connectivity index (χ2n) is 5.51. The molecule has 6 heteroatoms. The predicted octanol–water partition coefficient (Wildman–Crippen LogP) is 2.97. The van der Waals surface area contributed by atoms with Gasteiger partial charge in [-0.25, -0.2) is 4.79 Å². The molecule has 6 nitrogen and oxygen atoms in total. The van der Waals surface area contributed by atoms with Gasteiger partial charge in [0, 0.05) is 37.7 Å². The Balaban J connectivity index is 1.99. The molecular weight excluding hydrogens is 308 g/mol. The summed E-state index contributed by atoms with van der Waals surface area (Å²) in [5, 5.41) is 9.01. The molecule has 0 spiro atoms. The Hall–Kier alpha value is -2.76. The lowest BCUT2D eigenvalue weighted by Gasteiger charge is -2.17. The molecule has 0 radical (unpaired) electrons. The van der Waals surface area contributed by atoms with Crippen LogP contribution in [0.4, 0.5) is 5.69 Å². The summed E-state index contributed by atoms with van der Waals surface area (Å²) in [6, 6.07) is 8.87. The number of anilines is 1. The highest BCUT2D eigenvalue weighted by molar-refractivity contribution is 5.72. The van der Waals surface area contributed by atoms with Gasteiger partial charge in [-0.2, -0.15) is 0 Å². The maximum absolute atomic E-state index is 11.0.